The minimum absolute atomic E-state index is 0.0353. The predicted molar refractivity (Wildman–Crippen MR) is 102 cm³/mol. The molecule has 0 aliphatic carbocycles. The van der Waals surface area contributed by atoms with E-state index in [1.54, 1.807) is 6.07 Å². The number of rotatable bonds is 5. The fraction of sp³-hybridized carbons (Fsp3) is 0.167. The maximum Gasteiger partial charge on any atom is 0.501 e. The van der Waals surface area contributed by atoms with E-state index in [0.29, 0.717) is 17.7 Å². The van der Waals surface area contributed by atoms with E-state index in [-0.39, 0.29) is 17.9 Å². The summed E-state index contributed by atoms with van der Waals surface area (Å²) in [6.07, 6.45) is 2.48. The van der Waals surface area contributed by atoms with Crippen LogP contribution in [0.5, 0.6) is 5.88 Å². The number of nitrogens with zero attached hydrogens (tertiary/aromatic N) is 3. The fourth-order valence-electron chi connectivity index (χ4n) is 2.76. The normalized spacial score (nSPS) is 12.0. The molecule has 0 unspecified atom stereocenters. The van der Waals surface area contributed by atoms with Gasteiger partial charge < -0.3 is 10.4 Å². The van der Waals surface area contributed by atoms with E-state index in [2.05, 4.69) is 10.3 Å². The topological polar surface area (TPSA) is 123 Å². The molecule has 2 N–H and O–H groups in total. The number of aromatic hydroxyl groups is 1. The highest BCUT2D eigenvalue weighted by molar-refractivity contribution is 7.92. The molecule has 1 aromatic carbocycles. The number of hydrogen-bond acceptors (Lipinski definition) is 6. The van der Waals surface area contributed by atoms with Gasteiger partial charge in [0.15, 0.2) is 0 Å². The van der Waals surface area contributed by atoms with E-state index in [1.165, 1.54) is 19.3 Å². The molecule has 2 heterocycles. The number of alkyl halides is 3. The van der Waals surface area contributed by atoms with Crippen LogP contribution in [-0.4, -0.2) is 46.1 Å². The van der Waals surface area contributed by atoms with Crippen molar-refractivity contribution >= 4 is 15.7 Å². The first-order valence-corrected chi connectivity index (χ1v) is 10.0. The molecule has 0 bridgehead atoms. The lowest BCUT2D eigenvalue weighted by Crippen LogP contribution is -2.25. The molecular weight excluding hydrogens is 441 g/mol. The quantitative estimate of drug-likeness (QED) is 0.599. The molecule has 0 radical (unpaired) electrons. The number of pyridine rings is 1. The number of halogens is 3. The number of aromatic nitrogens is 3. The predicted octanol–water partition coefficient (Wildman–Crippen LogP) is 1.44. The van der Waals surface area contributed by atoms with E-state index in [0.717, 1.165) is 27.5 Å². The van der Waals surface area contributed by atoms with Crippen molar-refractivity contribution in [1.29, 1.82) is 0 Å². The molecule has 0 spiro atoms. The Hall–Kier alpha value is -3.61. The van der Waals surface area contributed by atoms with Crippen LogP contribution in [-0.2, 0) is 16.4 Å². The molecule has 9 nitrogen and oxygen atoms in total. The van der Waals surface area contributed by atoms with Crippen molar-refractivity contribution in [3.8, 4) is 11.6 Å². The van der Waals surface area contributed by atoms with Crippen LogP contribution < -0.4 is 11.0 Å². The molecule has 3 rings (SSSR count). The highest BCUT2D eigenvalue weighted by atomic mass is 32.2. The summed E-state index contributed by atoms with van der Waals surface area (Å²) in [5.41, 5.74) is -5.59. The van der Waals surface area contributed by atoms with Crippen LogP contribution in [0.1, 0.15) is 16.1 Å². The van der Waals surface area contributed by atoms with E-state index < -0.39 is 37.7 Å². The van der Waals surface area contributed by atoms with Gasteiger partial charge in [0.1, 0.15) is 5.69 Å². The van der Waals surface area contributed by atoms with Gasteiger partial charge in [-0.3, -0.25) is 14.3 Å². The number of carbonyl (C=O) groups is 1. The average Bonchev–Trinajstić information content (AvgIpc) is 2.99. The minimum Gasteiger partial charge on any atom is -0.493 e. The maximum atomic E-state index is 12.7. The highest BCUT2D eigenvalue weighted by Crippen LogP contribution is 2.30. The summed E-state index contributed by atoms with van der Waals surface area (Å²) in [6.45, 7) is -0.0353. The van der Waals surface area contributed by atoms with Crippen LogP contribution in [0.15, 0.2) is 58.5 Å². The summed E-state index contributed by atoms with van der Waals surface area (Å²) in [6, 6.07) is 6.35. The molecule has 0 fully saturated rings. The number of benzene rings is 1. The van der Waals surface area contributed by atoms with Gasteiger partial charge in [0.2, 0.25) is 5.88 Å². The average molecular weight is 456 g/mol. The summed E-state index contributed by atoms with van der Waals surface area (Å²) in [5, 5.41) is 12.6. The number of sulfone groups is 1. The monoisotopic (exact) mass is 456 g/mol. The molecule has 2 aromatic heterocycles. The number of imidazole rings is 1. The van der Waals surface area contributed by atoms with Gasteiger partial charge in [-0.25, -0.2) is 17.8 Å². The Balaban J connectivity index is 1.94. The first-order chi connectivity index (χ1) is 14.5. The standard InChI is InChI=1S/C18H15F3N4O5S/c1-22-16(27)14-8-11(6-7-23-14)9-24-10-15(26)25(17(24)28)12-2-4-13(5-3-12)31(29,30)18(19,20)21/h2-8,10,26H,9H2,1H3,(H,22,27). The van der Waals surface area contributed by atoms with Crippen molar-refractivity contribution in [3.63, 3.8) is 0 Å². The third-order valence-electron chi connectivity index (χ3n) is 4.28. The second-order valence-corrected chi connectivity index (χ2v) is 8.25. The fourth-order valence-corrected chi connectivity index (χ4v) is 3.53. The molecule has 13 heteroatoms. The van der Waals surface area contributed by atoms with Gasteiger partial charge in [0.25, 0.3) is 15.7 Å². The minimum atomic E-state index is -5.54. The van der Waals surface area contributed by atoms with Gasteiger partial charge in [-0.2, -0.15) is 13.2 Å². The van der Waals surface area contributed by atoms with E-state index in [9.17, 15) is 36.3 Å². The van der Waals surface area contributed by atoms with E-state index >= 15 is 0 Å². The van der Waals surface area contributed by atoms with Crippen LogP contribution in [0.2, 0.25) is 0 Å². The number of amides is 1. The summed E-state index contributed by atoms with van der Waals surface area (Å²) < 4.78 is 62.8. The Morgan fingerprint density at radius 1 is 1.19 bits per heavy atom. The zero-order valence-corrected chi connectivity index (χ0v) is 16.6. The smallest absolute Gasteiger partial charge is 0.493 e. The molecule has 0 saturated heterocycles. The Morgan fingerprint density at radius 3 is 2.42 bits per heavy atom. The van der Waals surface area contributed by atoms with Crippen LogP contribution in [0.3, 0.4) is 0 Å². The molecule has 31 heavy (non-hydrogen) atoms. The molecule has 3 aromatic rings. The Labute approximate surface area is 173 Å². The zero-order valence-electron chi connectivity index (χ0n) is 15.8. The molecular formula is C18H15F3N4O5S. The molecule has 0 aliphatic rings. The second-order valence-electron chi connectivity index (χ2n) is 6.30. The lowest BCUT2D eigenvalue weighted by molar-refractivity contribution is -0.0436. The van der Waals surface area contributed by atoms with Crippen LogP contribution in [0, 0.1) is 0 Å². The Bertz CT molecular complexity index is 1290. The third-order valence-corrected chi connectivity index (χ3v) is 5.79. The second kappa shape index (κ2) is 7.91. The highest BCUT2D eigenvalue weighted by Gasteiger charge is 2.46. The van der Waals surface area contributed by atoms with E-state index in [1.807, 2.05) is 0 Å². The zero-order chi connectivity index (χ0) is 23.0. The summed E-state index contributed by atoms with van der Waals surface area (Å²) in [7, 11) is -4.10. The lowest BCUT2D eigenvalue weighted by atomic mass is 10.2. The van der Waals surface area contributed by atoms with Crippen molar-refractivity contribution in [3.05, 3.63) is 70.5 Å². The van der Waals surface area contributed by atoms with Crippen LogP contribution in [0.25, 0.3) is 5.69 Å². The van der Waals surface area contributed by atoms with Crippen LogP contribution >= 0.6 is 0 Å². The van der Waals surface area contributed by atoms with Gasteiger partial charge >= 0.3 is 11.2 Å². The van der Waals surface area contributed by atoms with Gasteiger partial charge in [0, 0.05) is 13.2 Å². The van der Waals surface area contributed by atoms with Crippen molar-refractivity contribution in [2.24, 2.45) is 0 Å². The van der Waals surface area contributed by atoms with Crippen molar-refractivity contribution < 1.29 is 31.5 Å². The van der Waals surface area contributed by atoms with Crippen LogP contribution in [0.4, 0.5) is 13.2 Å². The van der Waals surface area contributed by atoms with Gasteiger partial charge in [-0.1, -0.05) is 0 Å². The number of carbonyl (C=O) groups excluding carboxylic acids is 1. The summed E-state index contributed by atoms with van der Waals surface area (Å²) >= 11 is 0. The van der Waals surface area contributed by atoms with Gasteiger partial charge in [-0.05, 0) is 42.0 Å². The molecule has 0 atom stereocenters. The molecule has 0 saturated carbocycles. The molecule has 0 aliphatic heterocycles. The summed E-state index contributed by atoms with van der Waals surface area (Å²) in [5.74, 6) is -0.944. The Kier molecular flexibility index (Phi) is 5.63. The van der Waals surface area contributed by atoms with Crippen molar-refractivity contribution in [2.45, 2.75) is 16.9 Å². The summed E-state index contributed by atoms with van der Waals surface area (Å²) in [4.78, 5) is 27.3. The first kappa shape index (κ1) is 22.1. The Morgan fingerprint density at radius 2 is 1.84 bits per heavy atom. The number of nitrogens with one attached hydrogen (secondary N) is 1. The van der Waals surface area contributed by atoms with Gasteiger partial charge in [-0.15, -0.1) is 0 Å². The van der Waals surface area contributed by atoms with Crippen molar-refractivity contribution in [1.82, 2.24) is 19.4 Å². The maximum absolute atomic E-state index is 12.7. The molecule has 1 amide bonds. The SMILES string of the molecule is CNC(=O)c1cc(Cn2cc(O)n(-c3ccc(S(=O)(=O)C(F)(F)F)cc3)c2=O)ccn1. The first-order valence-electron chi connectivity index (χ1n) is 8.55. The molecule has 164 valence electrons. The third kappa shape index (κ3) is 4.17. The van der Waals surface area contributed by atoms with Crippen molar-refractivity contribution in [2.75, 3.05) is 7.05 Å². The lowest BCUT2D eigenvalue weighted by Gasteiger charge is -2.09. The van der Waals surface area contributed by atoms with E-state index in [4.69, 9.17) is 0 Å². The number of hydrogen-bond donors (Lipinski definition) is 2. The largest absolute Gasteiger partial charge is 0.501 e. The van der Waals surface area contributed by atoms with Gasteiger partial charge in [0.05, 0.1) is 23.3 Å².